The molecular weight excluding hydrogens is 495 g/mol. The average molecular weight is 529 g/mol. The molecule has 2 aromatic carbocycles. The smallest absolute Gasteiger partial charge is 0.336 e. The van der Waals surface area contributed by atoms with Crippen LogP contribution < -0.4 is 9.62 Å². The second kappa shape index (κ2) is 10.6. The van der Waals surface area contributed by atoms with Gasteiger partial charge >= 0.3 is 5.97 Å². The molecule has 198 valence electrons. The Morgan fingerprint density at radius 3 is 2.43 bits per heavy atom. The quantitative estimate of drug-likeness (QED) is 0.435. The molecule has 3 aromatic rings. The number of nitrogens with one attached hydrogen (secondary N) is 1. The molecule has 0 radical (unpaired) electrons. The third kappa shape index (κ3) is 6.02. The lowest BCUT2D eigenvalue weighted by atomic mass is 10.0. The average Bonchev–Trinajstić information content (AvgIpc) is 2.84. The number of hydrogen-bond acceptors (Lipinski definition) is 6. The summed E-state index contributed by atoms with van der Waals surface area (Å²) in [7, 11) is -4.08. The number of rotatable bonds is 8. The Morgan fingerprint density at radius 1 is 1.08 bits per heavy atom. The first-order chi connectivity index (χ1) is 17.4. The van der Waals surface area contributed by atoms with Gasteiger partial charge < -0.3 is 10.0 Å². The predicted molar refractivity (Wildman–Crippen MR) is 143 cm³/mol. The molecule has 1 saturated heterocycles. The van der Waals surface area contributed by atoms with Crippen molar-refractivity contribution < 1.29 is 22.7 Å². The largest absolute Gasteiger partial charge is 0.478 e. The molecule has 1 aliphatic rings. The highest BCUT2D eigenvalue weighted by molar-refractivity contribution is 7.92. The van der Waals surface area contributed by atoms with E-state index in [-0.39, 0.29) is 16.1 Å². The van der Waals surface area contributed by atoms with Crippen molar-refractivity contribution in [2.24, 2.45) is 5.92 Å². The Labute approximate surface area is 217 Å². The van der Waals surface area contributed by atoms with Crippen LogP contribution >= 0.6 is 0 Å². The molecule has 1 fully saturated rings. The maximum Gasteiger partial charge on any atom is 0.336 e. The number of aromatic nitrogens is 1. The van der Waals surface area contributed by atoms with Gasteiger partial charge in [0.2, 0.25) is 0 Å². The number of piperazine rings is 1. The highest BCUT2D eigenvalue weighted by atomic mass is 32.2. The van der Waals surface area contributed by atoms with Crippen molar-refractivity contribution in [3.05, 3.63) is 59.4 Å². The molecule has 0 unspecified atom stereocenters. The van der Waals surface area contributed by atoms with E-state index in [1.807, 2.05) is 0 Å². The summed E-state index contributed by atoms with van der Waals surface area (Å²) in [5.41, 5.74) is 1.06. The van der Waals surface area contributed by atoms with Crippen LogP contribution in [0, 0.1) is 18.7 Å². The summed E-state index contributed by atoms with van der Waals surface area (Å²) in [6.07, 6.45) is 1.13. The number of benzene rings is 2. The summed E-state index contributed by atoms with van der Waals surface area (Å²) >= 11 is 0. The van der Waals surface area contributed by atoms with Crippen LogP contribution in [0.15, 0.2) is 47.4 Å². The fourth-order valence-electron chi connectivity index (χ4n) is 4.91. The van der Waals surface area contributed by atoms with Crippen LogP contribution in [0.5, 0.6) is 0 Å². The van der Waals surface area contributed by atoms with Crippen molar-refractivity contribution >= 4 is 38.4 Å². The number of carboxylic acids is 1. The summed E-state index contributed by atoms with van der Waals surface area (Å²) in [6, 6.07) is 10.2. The fraction of sp³-hybridized carbons (Fsp3) is 0.407. The monoisotopic (exact) mass is 528 g/mol. The van der Waals surface area contributed by atoms with Gasteiger partial charge in [-0.2, -0.15) is 0 Å². The van der Waals surface area contributed by atoms with Crippen molar-refractivity contribution in [2.45, 2.75) is 45.1 Å². The molecule has 2 N–H and O–H groups in total. The first-order valence-corrected chi connectivity index (χ1v) is 13.9. The van der Waals surface area contributed by atoms with Gasteiger partial charge in [-0.05, 0) is 68.1 Å². The molecule has 0 spiro atoms. The summed E-state index contributed by atoms with van der Waals surface area (Å²) in [5.74, 6) is -0.575. The summed E-state index contributed by atoms with van der Waals surface area (Å²) in [6.45, 7) is 11.5. The number of fused-ring (bicyclic) bond motifs is 1. The molecule has 8 nitrogen and oxygen atoms in total. The molecule has 0 bridgehead atoms. The van der Waals surface area contributed by atoms with E-state index in [4.69, 9.17) is 4.98 Å². The summed E-state index contributed by atoms with van der Waals surface area (Å²) in [4.78, 5) is 21.2. The maximum atomic E-state index is 13.7. The lowest BCUT2D eigenvalue weighted by molar-refractivity contribution is 0.0699. The topological polar surface area (TPSA) is 103 Å². The van der Waals surface area contributed by atoms with E-state index in [1.165, 1.54) is 24.3 Å². The molecule has 0 amide bonds. The number of pyridine rings is 1. The minimum Gasteiger partial charge on any atom is -0.478 e. The summed E-state index contributed by atoms with van der Waals surface area (Å²) in [5, 5.41) is 10.3. The van der Waals surface area contributed by atoms with Crippen molar-refractivity contribution in [1.29, 1.82) is 0 Å². The lowest BCUT2D eigenvalue weighted by Crippen LogP contribution is -2.50. The second-order valence-electron chi connectivity index (χ2n) is 10.1. The van der Waals surface area contributed by atoms with Crippen LogP contribution in [0.3, 0.4) is 0 Å². The highest BCUT2D eigenvalue weighted by Gasteiger charge is 2.24. The Kier molecular flexibility index (Phi) is 7.70. The normalized spacial score (nSPS) is 15.8. The fourth-order valence-corrected chi connectivity index (χ4v) is 6.22. The van der Waals surface area contributed by atoms with Gasteiger partial charge in [-0.1, -0.05) is 19.9 Å². The minimum atomic E-state index is -4.08. The zero-order chi connectivity index (χ0) is 26.9. The number of halogens is 1. The number of aryl methyl sites for hydroxylation is 1. The van der Waals surface area contributed by atoms with Crippen LogP contribution in [-0.2, 0) is 10.0 Å². The Balaban J connectivity index is 1.60. The van der Waals surface area contributed by atoms with E-state index in [1.54, 1.807) is 19.1 Å². The molecule has 0 aliphatic carbocycles. The van der Waals surface area contributed by atoms with Crippen LogP contribution in [-0.4, -0.2) is 61.6 Å². The standard InChI is InChI=1S/C27H33FN4O4S/c1-17(2)13-19(4)31-9-11-32(12-10-31)26-16-23(27(33)34)22-15-21(7-8-24(22)29-26)30-37(35,36)25-14-20(28)6-5-18(25)3/h5-8,14-17,19,30H,9-13H2,1-4H3,(H,33,34)/t19-/m1/s1. The van der Waals surface area contributed by atoms with Gasteiger partial charge in [0.1, 0.15) is 11.6 Å². The predicted octanol–water partition coefficient (Wildman–Crippen LogP) is 4.74. The van der Waals surface area contributed by atoms with Crippen LogP contribution in [0.1, 0.15) is 43.1 Å². The van der Waals surface area contributed by atoms with Crippen LogP contribution in [0.2, 0.25) is 0 Å². The van der Waals surface area contributed by atoms with Gasteiger partial charge in [-0.15, -0.1) is 0 Å². The molecule has 2 heterocycles. The molecule has 37 heavy (non-hydrogen) atoms. The number of aromatic carboxylic acids is 1. The molecule has 4 rings (SSSR count). The second-order valence-corrected chi connectivity index (χ2v) is 11.7. The van der Waals surface area contributed by atoms with E-state index in [2.05, 4.69) is 35.3 Å². The first kappa shape index (κ1) is 26.8. The van der Waals surface area contributed by atoms with Crippen LogP contribution in [0.25, 0.3) is 10.9 Å². The van der Waals surface area contributed by atoms with Crippen molar-refractivity contribution in [3.8, 4) is 0 Å². The SMILES string of the molecule is Cc1ccc(F)cc1S(=O)(=O)Nc1ccc2nc(N3CCN([C@H](C)CC(C)C)CC3)cc(C(=O)O)c2c1. The molecule has 1 aromatic heterocycles. The zero-order valence-corrected chi connectivity index (χ0v) is 22.3. The minimum absolute atomic E-state index is 0.0404. The van der Waals surface area contributed by atoms with Gasteiger partial charge in [-0.3, -0.25) is 9.62 Å². The van der Waals surface area contributed by atoms with Crippen molar-refractivity contribution in [3.63, 3.8) is 0 Å². The molecule has 10 heteroatoms. The molecule has 0 saturated carbocycles. The summed E-state index contributed by atoms with van der Waals surface area (Å²) < 4.78 is 41.9. The Bertz CT molecular complexity index is 1420. The number of carboxylic acid groups (broad SMARTS) is 1. The number of hydrogen-bond donors (Lipinski definition) is 2. The van der Waals surface area contributed by atoms with Crippen molar-refractivity contribution in [2.75, 3.05) is 35.8 Å². The Morgan fingerprint density at radius 2 is 1.78 bits per heavy atom. The first-order valence-electron chi connectivity index (χ1n) is 12.4. The van der Waals surface area contributed by atoms with E-state index >= 15 is 0 Å². The van der Waals surface area contributed by atoms with Gasteiger partial charge in [0.25, 0.3) is 10.0 Å². The number of anilines is 2. The van der Waals surface area contributed by atoms with Gasteiger partial charge in [-0.25, -0.2) is 22.6 Å². The third-order valence-electron chi connectivity index (χ3n) is 6.79. The van der Waals surface area contributed by atoms with Gasteiger partial charge in [0, 0.05) is 43.3 Å². The lowest BCUT2D eigenvalue weighted by Gasteiger charge is -2.39. The number of carbonyl (C=O) groups is 1. The maximum absolute atomic E-state index is 13.7. The van der Waals surface area contributed by atoms with E-state index in [0.717, 1.165) is 38.7 Å². The highest BCUT2D eigenvalue weighted by Crippen LogP contribution is 2.29. The molecule has 1 atom stereocenters. The molecular formula is C27H33FN4O4S. The zero-order valence-electron chi connectivity index (χ0n) is 21.5. The molecule has 1 aliphatic heterocycles. The van der Waals surface area contributed by atoms with Crippen molar-refractivity contribution in [1.82, 2.24) is 9.88 Å². The number of nitrogens with zero attached hydrogens (tertiary/aromatic N) is 3. The van der Waals surface area contributed by atoms with Gasteiger partial charge in [0.05, 0.1) is 16.0 Å². The van der Waals surface area contributed by atoms with E-state index < -0.39 is 21.8 Å². The Hall–Kier alpha value is -3.24. The van der Waals surface area contributed by atoms with E-state index in [9.17, 15) is 22.7 Å². The van der Waals surface area contributed by atoms with E-state index in [0.29, 0.717) is 34.2 Å². The van der Waals surface area contributed by atoms with Gasteiger partial charge in [0.15, 0.2) is 0 Å². The number of sulfonamides is 1. The third-order valence-corrected chi connectivity index (χ3v) is 8.31. The van der Waals surface area contributed by atoms with Crippen LogP contribution in [0.4, 0.5) is 15.9 Å².